The first kappa shape index (κ1) is 13.1. The highest BCUT2D eigenvalue weighted by molar-refractivity contribution is 9.10. The van der Waals surface area contributed by atoms with Crippen molar-refractivity contribution in [2.24, 2.45) is 5.41 Å². The lowest BCUT2D eigenvalue weighted by molar-refractivity contribution is -0.342. The fourth-order valence-corrected chi connectivity index (χ4v) is 3.62. The number of anilines is 1. The molecule has 19 heavy (non-hydrogen) atoms. The lowest BCUT2D eigenvalue weighted by Crippen LogP contribution is -2.72. The van der Waals surface area contributed by atoms with Crippen LogP contribution in [0.5, 0.6) is 0 Å². The number of rotatable bonds is 0. The Morgan fingerprint density at radius 3 is 2.37 bits per heavy atom. The highest BCUT2D eigenvalue weighted by atomic mass is 79.9. The zero-order valence-electron chi connectivity index (χ0n) is 11.9. The Labute approximate surface area is 122 Å². The van der Waals surface area contributed by atoms with E-state index in [1.807, 2.05) is 39.1 Å². The molecule has 102 valence electrons. The number of fused-ring (bicyclic) bond motifs is 2. The van der Waals surface area contributed by atoms with Crippen molar-refractivity contribution in [3.8, 4) is 0 Å². The smallest absolute Gasteiger partial charge is 0.264 e. The summed E-state index contributed by atoms with van der Waals surface area (Å²) in [6, 6.07) is 5.93. The Hall–Kier alpha value is -0.870. The van der Waals surface area contributed by atoms with E-state index in [9.17, 15) is 4.79 Å². The minimum absolute atomic E-state index is 0.0323. The Bertz CT molecular complexity index is 594. The number of hydrogen-bond donors (Lipinski definition) is 0. The second kappa shape index (κ2) is 3.41. The van der Waals surface area contributed by atoms with E-state index in [1.54, 1.807) is 4.90 Å². The van der Waals surface area contributed by atoms with Crippen LogP contribution in [0.15, 0.2) is 22.7 Å². The molecule has 0 aromatic heterocycles. The van der Waals surface area contributed by atoms with Gasteiger partial charge < -0.3 is 9.64 Å². The van der Waals surface area contributed by atoms with Crippen LogP contribution in [0.4, 0.5) is 5.69 Å². The summed E-state index contributed by atoms with van der Waals surface area (Å²) in [6.45, 7) is 8.31. The van der Waals surface area contributed by atoms with Crippen LogP contribution in [-0.2, 0) is 15.1 Å². The molecule has 1 unspecified atom stereocenters. The molecule has 2 aliphatic rings. The van der Waals surface area contributed by atoms with Crippen LogP contribution in [0.25, 0.3) is 0 Å². The standard InChI is InChI=1S/C15H18BrNO2/c1-13(2)14(3,4)19-15(13)10-8-9(16)6-7-11(10)17(5)12(15)18/h6-8H,1-5H3. The number of hydrogen-bond acceptors (Lipinski definition) is 2. The second-order valence-electron chi connectivity index (χ2n) is 6.44. The fraction of sp³-hybridized carbons (Fsp3) is 0.533. The molecule has 3 rings (SSSR count). The van der Waals surface area contributed by atoms with Crippen LogP contribution in [0.2, 0.25) is 0 Å². The zero-order valence-corrected chi connectivity index (χ0v) is 13.5. The van der Waals surface area contributed by atoms with E-state index < -0.39 is 5.60 Å². The number of halogens is 1. The van der Waals surface area contributed by atoms with Crippen LogP contribution in [-0.4, -0.2) is 18.6 Å². The summed E-state index contributed by atoms with van der Waals surface area (Å²) >= 11 is 3.49. The topological polar surface area (TPSA) is 29.5 Å². The molecule has 1 amide bonds. The molecular weight excluding hydrogens is 306 g/mol. The van der Waals surface area contributed by atoms with Crippen molar-refractivity contribution in [1.29, 1.82) is 0 Å². The first-order chi connectivity index (χ1) is 8.65. The van der Waals surface area contributed by atoms with Gasteiger partial charge in [0.2, 0.25) is 0 Å². The molecule has 3 nitrogen and oxygen atoms in total. The summed E-state index contributed by atoms with van der Waals surface area (Å²) in [5.41, 5.74) is 0.505. The molecule has 4 heteroatoms. The maximum Gasteiger partial charge on any atom is 0.264 e. The van der Waals surface area contributed by atoms with Crippen LogP contribution in [0, 0.1) is 5.41 Å². The van der Waals surface area contributed by atoms with E-state index in [0.29, 0.717) is 0 Å². The average molecular weight is 324 g/mol. The van der Waals surface area contributed by atoms with Crippen LogP contribution < -0.4 is 4.90 Å². The van der Waals surface area contributed by atoms with E-state index in [4.69, 9.17) is 4.74 Å². The van der Waals surface area contributed by atoms with Gasteiger partial charge in [0.25, 0.3) is 5.91 Å². The van der Waals surface area contributed by atoms with Crippen molar-refractivity contribution < 1.29 is 9.53 Å². The van der Waals surface area contributed by atoms with Crippen LogP contribution in [0.1, 0.15) is 33.3 Å². The van der Waals surface area contributed by atoms with Gasteiger partial charge in [0.1, 0.15) is 0 Å². The van der Waals surface area contributed by atoms with Crippen molar-refractivity contribution in [2.75, 3.05) is 11.9 Å². The number of carbonyl (C=O) groups excluding carboxylic acids is 1. The molecule has 0 aliphatic carbocycles. The predicted molar refractivity (Wildman–Crippen MR) is 78.2 cm³/mol. The summed E-state index contributed by atoms with van der Waals surface area (Å²) in [5.74, 6) is 0.0323. The number of benzene rings is 1. The molecule has 0 saturated carbocycles. The van der Waals surface area contributed by atoms with E-state index in [1.165, 1.54) is 0 Å². The van der Waals surface area contributed by atoms with Gasteiger partial charge in [0.05, 0.1) is 11.3 Å². The highest BCUT2D eigenvalue weighted by Gasteiger charge is 2.74. The molecule has 1 aromatic rings. The van der Waals surface area contributed by atoms with E-state index >= 15 is 0 Å². The van der Waals surface area contributed by atoms with Gasteiger partial charge >= 0.3 is 0 Å². The monoisotopic (exact) mass is 323 g/mol. The molecule has 2 heterocycles. The zero-order chi connectivity index (χ0) is 14.2. The molecule has 1 aromatic carbocycles. The Kier molecular flexibility index (Phi) is 2.36. The van der Waals surface area contributed by atoms with Crippen LogP contribution >= 0.6 is 15.9 Å². The number of amides is 1. The maximum absolute atomic E-state index is 12.8. The maximum atomic E-state index is 12.8. The number of ether oxygens (including phenoxy) is 1. The fourth-order valence-electron chi connectivity index (χ4n) is 3.26. The summed E-state index contributed by atoms with van der Waals surface area (Å²) in [7, 11) is 1.81. The SMILES string of the molecule is CN1C(=O)C2(OC(C)(C)C2(C)C)c2cc(Br)ccc21. The van der Waals surface area contributed by atoms with Crippen molar-refractivity contribution in [1.82, 2.24) is 0 Å². The normalized spacial score (nSPS) is 30.4. The Morgan fingerprint density at radius 2 is 1.84 bits per heavy atom. The third-order valence-electron chi connectivity index (χ3n) is 5.10. The summed E-state index contributed by atoms with van der Waals surface area (Å²) in [6.07, 6.45) is 0. The van der Waals surface area contributed by atoms with Gasteiger partial charge in [-0.25, -0.2) is 0 Å². The lowest BCUT2D eigenvalue weighted by atomic mass is 9.57. The third kappa shape index (κ3) is 1.24. The largest absolute Gasteiger partial charge is 0.353 e. The summed E-state index contributed by atoms with van der Waals surface area (Å²) < 4.78 is 7.11. The van der Waals surface area contributed by atoms with Gasteiger partial charge in [-0.2, -0.15) is 0 Å². The molecular formula is C15H18BrNO2. The molecule has 0 N–H and O–H groups in total. The highest BCUT2D eigenvalue weighted by Crippen LogP contribution is 2.66. The molecule has 1 fully saturated rings. The quantitative estimate of drug-likeness (QED) is 0.731. The van der Waals surface area contributed by atoms with Gasteiger partial charge in [-0.15, -0.1) is 0 Å². The molecule has 2 aliphatic heterocycles. The summed E-state index contributed by atoms with van der Waals surface area (Å²) in [5, 5.41) is 0. The number of carbonyl (C=O) groups is 1. The average Bonchev–Trinajstić information content (AvgIpc) is 2.52. The van der Waals surface area contributed by atoms with Crippen LogP contribution in [0.3, 0.4) is 0 Å². The van der Waals surface area contributed by atoms with Gasteiger partial charge in [0.15, 0.2) is 5.60 Å². The van der Waals surface area contributed by atoms with Crippen molar-refractivity contribution in [2.45, 2.75) is 38.9 Å². The Morgan fingerprint density at radius 1 is 1.21 bits per heavy atom. The van der Waals surface area contributed by atoms with Crippen molar-refractivity contribution in [3.63, 3.8) is 0 Å². The second-order valence-corrected chi connectivity index (χ2v) is 7.36. The predicted octanol–water partition coefficient (Wildman–Crippen LogP) is 3.46. The Balaban J connectivity index is 2.26. The first-order valence-electron chi connectivity index (χ1n) is 6.43. The molecule has 0 radical (unpaired) electrons. The molecule has 1 atom stereocenters. The van der Waals surface area contributed by atoms with E-state index in [2.05, 4.69) is 29.8 Å². The van der Waals surface area contributed by atoms with Gasteiger partial charge in [-0.1, -0.05) is 29.8 Å². The van der Waals surface area contributed by atoms with E-state index in [-0.39, 0.29) is 16.9 Å². The minimum atomic E-state index is -0.843. The first-order valence-corrected chi connectivity index (χ1v) is 7.23. The van der Waals surface area contributed by atoms with Gasteiger partial charge in [0, 0.05) is 22.5 Å². The number of likely N-dealkylation sites (N-methyl/N-ethyl adjacent to an activating group) is 1. The van der Waals surface area contributed by atoms with Gasteiger partial charge in [-0.05, 0) is 32.0 Å². The lowest BCUT2D eigenvalue weighted by Gasteiger charge is -2.63. The number of nitrogens with zero attached hydrogens (tertiary/aromatic N) is 1. The van der Waals surface area contributed by atoms with E-state index in [0.717, 1.165) is 15.7 Å². The molecule has 0 bridgehead atoms. The summed E-state index contributed by atoms with van der Waals surface area (Å²) in [4.78, 5) is 14.5. The van der Waals surface area contributed by atoms with Crippen molar-refractivity contribution in [3.05, 3.63) is 28.2 Å². The molecule has 1 spiro atoms. The van der Waals surface area contributed by atoms with Gasteiger partial charge in [-0.3, -0.25) is 4.79 Å². The minimum Gasteiger partial charge on any atom is -0.353 e. The third-order valence-corrected chi connectivity index (χ3v) is 5.59. The molecule has 1 saturated heterocycles. The van der Waals surface area contributed by atoms with Crippen molar-refractivity contribution >= 4 is 27.5 Å².